The molecule has 0 amide bonds. The molecular weight excluding hydrogens is 366 g/mol. The van der Waals surface area contributed by atoms with Crippen molar-refractivity contribution < 1.29 is 4.74 Å². The predicted molar refractivity (Wildman–Crippen MR) is 128 cm³/mol. The molecule has 2 heteroatoms. The molecular formula is C28H41NO. The van der Waals surface area contributed by atoms with Crippen LogP contribution in [0.2, 0.25) is 0 Å². The van der Waals surface area contributed by atoms with Gasteiger partial charge in [-0.3, -0.25) is 4.98 Å². The fraction of sp³-hybridized carbons (Fsp3) is 0.607. The van der Waals surface area contributed by atoms with Crippen molar-refractivity contribution in [1.82, 2.24) is 4.98 Å². The highest BCUT2D eigenvalue weighted by Gasteiger charge is 2.21. The quantitative estimate of drug-likeness (QED) is 0.330. The second-order valence-corrected chi connectivity index (χ2v) is 9.21. The van der Waals surface area contributed by atoms with E-state index in [9.17, 15) is 0 Å². The molecule has 0 spiro atoms. The van der Waals surface area contributed by atoms with Crippen LogP contribution in [0, 0.1) is 11.8 Å². The van der Waals surface area contributed by atoms with Crippen LogP contribution >= 0.6 is 0 Å². The lowest BCUT2D eigenvalue weighted by atomic mass is 9.77. The summed E-state index contributed by atoms with van der Waals surface area (Å²) in [4.78, 5) is 4.74. The number of ether oxygens (including phenoxy) is 1. The van der Waals surface area contributed by atoms with E-state index in [1.54, 1.807) is 0 Å². The smallest absolute Gasteiger partial charge is 0.119 e. The Morgan fingerprint density at radius 1 is 0.867 bits per heavy atom. The van der Waals surface area contributed by atoms with Crippen molar-refractivity contribution in [3.05, 3.63) is 48.2 Å². The van der Waals surface area contributed by atoms with Gasteiger partial charge in [-0.05, 0) is 73.4 Å². The van der Waals surface area contributed by atoms with Crippen molar-refractivity contribution in [2.75, 3.05) is 6.61 Å². The van der Waals surface area contributed by atoms with Crippen molar-refractivity contribution in [2.24, 2.45) is 11.8 Å². The van der Waals surface area contributed by atoms with E-state index in [2.05, 4.69) is 44.3 Å². The molecule has 1 aromatic carbocycles. The molecule has 1 aliphatic rings. The molecule has 1 aliphatic carbocycles. The van der Waals surface area contributed by atoms with Crippen molar-refractivity contribution in [2.45, 2.75) is 90.9 Å². The molecule has 2 unspecified atom stereocenters. The molecule has 1 saturated carbocycles. The maximum atomic E-state index is 5.67. The molecule has 0 N–H and O–H groups in total. The summed E-state index contributed by atoms with van der Waals surface area (Å²) in [6, 6.07) is 12.7. The normalized spacial score (nSPS) is 19.0. The van der Waals surface area contributed by atoms with E-state index in [0.717, 1.165) is 41.9 Å². The van der Waals surface area contributed by atoms with Crippen LogP contribution < -0.4 is 4.74 Å². The van der Waals surface area contributed by atoms with Crippen molar-refractivity contribution >= 4 is 0 Å². The van der Waals surface area contributed by atoms with Gasteiger partial charge >= 0.3 is 0 Å². The van der Waals surface area contributed by atoms with Gasteiger partial charge in [0, 0.05) is 11.8 Å². The Balaban J connectivity index is 1.44. The highest BCUT2D eigenvalue weighted by Crippen LogP contribution is 2.35. The molecule has 2 atom stereocenters. The standard InChI is InChI=1S/C28H41NO/c1-3-5-6-7-9-23-10-8-11-24(21-23)12-13-25-14-19-28(29-22-25)26-15-17-27(18-16-26)30-20-4-2/h14-19,22-24H,3-13,20-21H2,1-2H3. The van der Waals surface area contributed by atoms with Crippen LogP contribution in [-0.4, -0.2) is 11.6 Å². The first-order chi connectivity index (χ1) is 14.8. The van der Waals surface area contributed by atoms with Gasteiger partial charge in [0.05, 0.1) is 12.3 Å². The molecule has 2 aromatic rings. The minimum Gasteiger partial charge on any atom is -0.494 e. The fourth-order valence-electron chi connectivity index (χ4n) is 4.84. The van der Waals surface area contributed by atoms with Crippen LogP contribution in [0.1, 0.15) is 90.0 Å². The number of aryl methyl sites for hydroxylation is 1. The number of pyridine rings is 1. The first-order valence-electron chi connectivity index (χ1n) is 12.5. The lowest BCUT2D eigenvalue weighted by Crippen LogP contribution is -2.16. The van der Waals surface area contributed by atoms with Crippen LogP contribution in [-0.2, 0) is 6.42 Å². The van der Waals surface area contributed by atoms with Crippen molar-refractivity contribution in [3.8, 4) is 17.0 Å². The van der Waals surface area contributed by atoms with Gasteiger partial charge in [0.15, 0.2) is 0 Å². The number of rotatable bonds is 12. The van der Waals surface area contributed by atoms with Crippen LogP contribution in [0.3, 0.4) is 0 Å². The molecule has 30 heavy (non-hydrogen) atoms. The molecule has 1 aromatic heterocycles. The van der Waals surface area contributed by atoms with Gasteiger partial charge in [0.25, 0.3) is 0 Å². The van der Waals surface area contributed by atoms with Crippen LogP contribution in [0.5, 0.6) is 5.75 Å². The summed E-state index contributed by atoms with van der Waals surface area (Å²) in [6.07, 6.45) is 18.5. The molecule has 3 rings (SSSR count). The third-order valence-electron chi connectivity index (χ3n) is 6.65. The highest BCUT2D eigenvalue weighted by molar-refractivity contribution is 5.60. The maximum Gasteiger partial charge on any atom is 0.119 e. The number of hydrogen-bond donors (Lipinski definition) is 0. The topological polar surface area (TPSA) is 22.1 Å². The Morgan fingerprint density at radius 3 is 2.37 bits per heavy atom. The number of benzene rings is 1. The first kappa shape index (κ1) is 22.8. The Labute approximate surface area is 184 Å². The zero-order valence-corrected chi connectivity index (χ0v) is 19.2. The van der Waals surface area contributed by atoms with E-state index in [0.29, 0.717) is 0 Å². The van der Waals surface area contributed by atoms with Crippen LogP contribution in [0.25, 0.3) is 11.3 Å². The van der Waals surface area contributed by atoms with Gasteiger partial charge in [-0.2, -0.15) is 0 Å². The Hall–Kier alpha value is -1.83. The average molecular weight is 408 g/mol. The summed E-state index contributed by atoms with van der Waals surface area (Å²) in [5.74, 6) is 2.85. The monoisotopic (exact) mass is 407 g/mol. The van der Waals surface area contributed by atoms with E-state index < -0.39 is 0 Å². The minimum absolute atomic E-state index is 0.771. The largest absolute Gasteiger partial charge is 0.494 e. The van der Waals surface area contributed by atoms with E-state index in [1.807, 2.05) is 12.1 Å². The number of aromatic nitrogens is 1. The second kappa shape index (κ2) is 12.8. The van der Waals surface area contributed by atoms with E-state index in [1.165, 1.54) is 76.2 Å². The second-order valence-electron chi connectivity index (χ2n) is 9.21. The fourth-order valence-corrected chi connectivity index (χ4v) is 4.84. The van der Waals surface area contributed by atoms with Crippen LogP contribution in [0.4, 0.5) is 0 Å². The molecule has 0 saturated heterocycles. The van der Waals surface area contributed by atoms with E-state index in [-0.39, 0.29) is 0 Å². The van der Waals surface area contributed by atoms with Gasteiger partial charge in [0.2, 0.25) is 0 Å². The van der Waals surface area contributed by atoms with Gasteiger partial charge in [0.1, 0.15) is 5.75 Å². The van der Waals surface area contributed by atoms with Crippen molar-refractivity contribution in [1.29, 1.82) is 0 Å². The first-order valence-corrected chi connectivity index (χ1v) is 12.5. The highest BCUT2D eigenvalue weighted by atomic mass is 16.5. The lowest BCUT2D eigenvalue weighted by Gasteiger charge is -2.29. The number of nitrogens with zero attached hydrogens (tertiary/aromatic N) is 1. The van der Waals surface area contributed by atoms with Crippen molar-refractivity contribution in [3.63, 3.8) is 0 Å². The maximum absolute atomic E-state index is 5.67. The molecule has 1 fully saturated rings. The minimum atomic E-state index is 0.771. The predicted octanol–water partition coefficient (Wildman–Crippen LogP) is 8.25. The zero-order chi connectivity index (χ0) is 21.0. The summed E-state index contributed by atoms with van der Waals surface area (Å²) in [5, 5.41) is 0. The summed E-state index contributed by atoms with van der Waals surface area (Å²) >= 11 is 0. The number of unbranched alkanes of at least 4 members (excludes halogenated alkanes) is 3. The summed E-state index contributed by atoms with van der Waals surface area (Å²) in [6.45, 7) is 5.20. The van der Waals surface area contributed by atoms with E-state index >= 15 is 0 Å². The molecule has 164 valence electrons. The molecule has 1 heterocycles. The molecule has 0 radical (unpaired) electrons. The van der Waals surface area contributed by atoms with Gasteiger partial charge in [-0.15, -0.1) is 0 Å². The molecule has 0 bridgehead atoms. The summed E-state index contributed by atoms with van der Waals surface area (Å²) in [5.41, 5.74) is 3.58. The molecule has 0 aliphatic heterocycles. The van der Waals surface area contributed by atoms with Gasteiger partial charge in [-0.1, -0.05) is 71.3 Å². The average Bonchev–Trinajstić information content (AvgIpc) is 2.80. The third-order valence-corrected chi connectivity index (χ3v) is 6.65. The van der Waals surface area contributed by atoms with Gasteiger partial charge < -0.3 is 4.74 Å². The van der Waals surface area contributed by atoms with E-state index in [4.69, 9.17) is 9.72 Å². The van der Waals surface area contributed by atoms with Crippen LogP contribution in [0.15, 0.2) is 42.6 Å². The summed E-state index contributed by atoms with van der Waals surface area (Å²) in [7, 11) is 0. The number of hydrogen-bond acceptors (Lipinski definition) is 2. The molecule has 2 nitrogen and oxygen atoms in total. The Morgan fingerprint density at radius 2 is 1.67 bits per heavy atom. The van der Waals surface area contributed by atoms with Gasteiger partial charge in [-0.25, -0.2) is 0 Å². The zero-order valence-electron chi connectivity index (χ0n) is 19.2. The third kappa shape index (κ3) is 7.45. The lowest BCUT2D eigenvalue weighted by molar-refractivity contribution is 0.239. The Bertz CT molecular complexity index is 706. The SMILES string of the molecule is CCCCCCC1CCCC(CCc2ccc(-c3ccc(OCCC)cc3)nc2)C1. The summed E-state index contributed by atoms with van der Waals surface area (Å²) < 4.78 is 5.67. The Kier molecular flexibility index (Phi) is 9.73.